The van der Waals surface area contributed by atoms with Gasteiger partial charge in [0.05, 0.1) is 10.0 Å². The Bertz CT molecular complexity index is 501. The molecule has 0 aliphatic heterocycles. The molecule has 2 N–H and O–H groups in total. The normalized spacial score (nSPS) is 19.6. The van der Waals surface area contributed by atoms with Gasteiger partial charge >= 0.3 is 5.97 Å². The highest BCUT2D eigenvalue weighted by molar-refractivity contribution is 6.42. The van der Waals surface area contributed by atoms with Crippen molar-refractivity contribution in [3.05, 3.63) is 33.8 Å². The maximum absolute atomic E-state index is 11.8. The molecule has 110 valence electrons. The molecule has 1 aliphatic carbocycles. The lowest BCUT2D eigenvalue weighted by atomic mass is 9.87. The molecule has 1 unspecified atom stereocenters. The minimum atomic E-state index is -1.22. The predicted molar refractivity (Wildman–Crippen MR) is 81.5 cm³/mol. The summed E-state index contributed by atoms with van der Waals surface area (Å²) in [7, 11) is 0. The number of carboxylic acid groups (broad SMARTS) is 1. The summed E-state index contributed by atoms with van der Waals surface area (Å²) in [5.41, 5.74) is -0.700. The summed E-state index contributed by atoms with van der Waals surface area (Å²) >= 11 is 12.2. The van der Waals surface area contributed by atoms with E-state index in [-0.39, 0.29) is 6.04 Å². The number of hydrogen-bond donors (Lipinski definition) is 2. The minimum Gasteiger partial charge on any atom is -0.480 e. The molecule has 5 heteroatoms. The second kappa shape index (κ2) is 6.33. The van der Waals surface area contributed by atoms with E-state index < -0.39 is 11.5 Å². The number of hydrogen-bond acceptors (Lipinski definition) is 2. The van der Waals surface area contributed by atoms with Crippen LogP contribution in [-0.4, -0.2) is 17.1 Å². The lowest BCUT2D eigenvalue weighted by Crippen LogP contribution is -2.52. The second-order valence-corrected chi connectivity index (χ2v) is 6.30. The number of carbonyl (C=O) groups is 1. The van der Waals surface area contributed by atoms with Gasteiger partial charge in [0.25, 0.3) is 0 Å². The van der Waals surface area contributed by atoms with Gasteiger partial charge < -0.3 is 5.11 Å². The van der Waals surface area contributed by atoms with Crippen LogP contribution in [0.15, 0.2) is 18.2 Å². The van der Waals surface area contributed by atoms with E-state index in [1.54, 1.807) is 25.1 Å². The largest absolute Gasteiger partial charge is 0.480 e. The topological polar surface area (TPSA) is 49.3 Å². The summed E-state index contributed by atoms with van der Waals surface area (Å²) in [4.78, 5) is 11.8. The van der Waals surface area contributed by atoms with Crippen molar-refractivity contribution in [2.24, 2.45) is 0 Å². The van der Waals surface area contributed by atoms with Gasteiger partial charge in [-0.1, -0.05) is 54.6 Å². The summed E-state index contributed by atoms with van der Waals surface area (Å²) in [5, 5.41) is 13.6. The van der Waals surface area contributed by atoms with Crippen molar-refractivity contribution in [3.63, 3.8) is 0 Å². The Morgan fingerprint density at radius 2 is 1.95 bits per heavy atom. The highest BCUT2D eigenvalue weighted by Gasteiger charge is 2.39. The van der Waals surface area contributed by atoms with Gasteiger partial charge in [-0.25, -0.2) is 4.79 Å². The van der Waals surface area contributed by atoms with Gasteiger partial charge in [-0.2, -0.15) is 0 Å². The maximum atomic E-state index is 11.8. The fourth-order valence-electron chi connectivity index (χ4n) is 2.80. The van der Waals surface area contributed by atoms with Crippen LogP contribution < -0.4 is 5.32 Å². The van der Waals surface area contributed by atoms with Crippen molar-refractivity contribution in [3.8, 4) is 0 Å². The molecule has 0 aromatic heterocycles. The first kappa shape index (κ1) is 15.6. The van der Waals surface area contributed by atoms with Crippen LogP contribution in [0.4, 0.5) is 0 Å². The molecule has 0 amide bonds. The second-order valence-electron chi connectivity index (χ2n) is 5.51. The zero-order valence-electron chi connectivity index (χ0n) is 11.5. The SMILES string of the molecule is CC(NC1CCCCC1)(C(=O)O)c1cccc(Cl)c1Cl. The summed E-state index contributed by atoms with van der Waals surface area (Å²) in [6, 6.07) is 5.32. The predicted octanol–water partition coefficient (Wildman–Crippen LogP) is 4.22. The molecule has 3 nitrogen and oxygen atoms in total. The van der Waals surface area contributed by atoms with Crippen LogP contribution in [0.3, 0.4) is 0 Å². The third-order valence-electron chi connectivity index (χ3n) is 4.02. The first-order valence-corrected chi connectivity index (χ1v) is 7.66. The highest BCUT2D eigenvalue weighted by Crippen LogP contribution is 2.35. The molecule has 1 fully saturated rings. The molecule has 1 aliphatic rings. The van der Waals surface area contributed by atoms with Crippen LogP contribution >= 0.6 is 23.2 Å². The number of carboxylic acids is 1. The zero-order valence-corrected chi connectivity index (χ0v) is 13.0. The lowest BCUT2D eigenvalue weighted by molar-refractivity contribution is -0.145. The molecule has 1 aromatic rings. The monoisotopic (exact) mass is 315 g/mol. The van der Waals surface area contributed by atoms with Crippen LogP contribution in [0.5, 0.6) is 0 Å². The molecule has 0 saturated heterocycles. The Hall–Kier alpha value is -0.770. The number of halogens is 2. The van der Waals surface area contributed by atoms with Crippen LogP contribution in [0.25, 0.3) is 0 Å². The molecule has 0 bridgehead atoms. The Morgan fingerprint density at radius 3 is 2.55 bits per heavy atom. The van der Waals surface area contributed by atoms with Gasteiger partial charge in [0, 0.05) is 11.6 Å². The van der Waals surface area contributed by atoms with Crippen molar-refractivity contribution in [1.29, 1.82) is 0 Å². The number of nitrogens with one attached hydrogen (secondary N) is 1. The van der Waals surface area contributed by atoms with Gasteiger partial charge in [-0.3, -0.25) is 5.32 Å². The Kier molecular flexibility index (Phi) is 4.95. The van der Waals surface area contributed by atoms with Gasteiger partial charge in [0.1, 0.15) is 5.54 Å². The summed E-state index contributed by atoms with van der Waals surface area (Å²) in [6.07, 6.45) is 5.50. The quantitative estimate of drug-likeness (QED) is 0.874. The van der Waals surface area contributed by atoms with Crippen molar-refractivity contribution in [2.45, 2.75) is 50.6 Å². The zero-order chi connectivity index (χ0) is 14.8. The van der Waals surface area contributed by atoms with Crippen LogP contribution in [0.1, 0.15) is 44.6 Å². The van der Waals surface area contributed by atoms with Crippen LogP contribution in [0.2, 0.25) is 10.0 Å². The lowest BCUT2D eigenvalue weighted by Gasteiger charge is -2.34. The Morgan fingerprint density at radius 1 is 1.30 bits per heavy atom. The fraction of sp³-hybridized carbons (Fsp3) is 0.533. The van der Waals surface area contributed by atoms with Gasteiger partial charge in [0.2, 0.25) is 0 Å². The third kappa shape index (κ3) is 3.11. The van der Waals surface area contributed by atoms with Gasteiger partial charge in [-0.15, -0.1) is 0 Å². The van der Waals surface area contributed by atoms with E-state index in [9.17, 15) is 9.90 Å². The molecule has 2 rings (SSSR count). The first-order chi connectivity index (χ1) is 9.45. The van der Waals surface area contributed by atoms with Crippen molar-refractivity contribution in [1.82, 2.24) is 5.32 Å². The minimum absolute atomic E-state index is 0.208. The molecular formula is C15H19Cl2NO2. The van der Waals surface area contributed by atoms with E-state index in [0.29, 0.717) is 15.6 Å². The molecule has 0 spiro atoms. The van der Waals surface area contributed by atoms with Gasteiger partial charge in [-0.05, 0) is 25.8 Å². The Balaban J connectivity index is 2.33. The van der Waals surface area contributed by atoms with E-state index >= 15 is 0 Å². The molecule has 1 saturated carbocycles. The standard InChI is InChI=1S/C15H19Cl2NO2/c1-15(14(19)20,18-10-6-3-2-4-7-10)11-8-5-9-12(16)13(11)17/h5,8-10,18H,2-4,6-7H2,1H3,(H,19,20). The van der Waals surface area contributed by atoms with E-state index in [1.165, 1.54) is 6.42 Å². The molecule has 0 heterocycles. The van der Waals surface area contributed by atoms with Crippen LogP contribution in [0, 0.1) is 0 Å². The van der Waals surface area contributed by atoms with E-state index in [0.717, 1.165) is 25.7 Å². The smallest absolute Gasteiger partial charge is 0.328 e. The van der Waals surface area contributed by atoms with E-state index in [2.05, 4.69) is 5.32 Å². The van der Waals surface area contributed by atoms with Crippen LogP contribution in [-0.2, 0) is 10.3 Å². The molecule has 1 aromatic carbocycles. The van der Waals surface area contributed by atoms with E-state index in [4.69, 9.17) is 23.2 Å². The van der Waals surface area contributed by atoms with Gasteiger partial charge in [0.15, 0.2) is 0 Å². The maximum Gasteiger partial charge on any atom is 0.328 e. The molecule has 1 atom stereocenters. The summed E-state index contributed by atoms with van der Waals surface area (Å²) < 4.78 is 0. The van der Waals surface area contributed by atoms with Crippen molar-refractivity contribution in [2.75, 3.05) is 0 Å². The molecule has 0 radical (unpaired) electrons. The van der Waals surface area contributed by atoms with Crippen molar-refractivity contribution < 1.29 is 9.90 Å². The average molecular weight is 316 g/mol. The summed E-state index contributed by atoms with van der Waals surface area (Å²) in [6.45, 7) is 1.65. The first-order valence-electron chi connectivity index (χ1n) is 6.90. The van der Waals surface area contributed by atoms with Crippen molar-refractivity contribution >= 4 is 29.2 Å². The molecule has 20 heavy (non-hydrogen) atoms. The number of aliphatic carboxylic acids is 1. The molecular weight excluding hydrogens is 297 g/mol. The Labute approximate surface area is 129 Å². The summed E-state index contributed by atoms with van der Waals surface area (Å²) in [5.74, 6) is -0.938. The fourth-order valence-corrected chi connectivity index (χ4v) is 3.29. The highest BCUT2D eigenvalue weighted by atomic mass is 35.5. The number of rotatable bonds is 4. The average Bonchev–Trinajstić information content (AvgIpc) is 2.42. The third-order valence-corrected chi connectivity index (χ3v) is 4.83. The van der Waals surface area contributed by atoms with E-state index in [1.807, 2.05) is 0 Å². The number of benzene rings is 1.